The van der Waals surface area contributed by atoms with Gasteiger partial charge in [0.1, 0.15) is 5.82 Å². The fraction of sp³-hybridized carbons (Fsp3) is 0. The van der Waals surface area contributed by atoms with E-state index in [0.29, 0.717) is 17.1 Å². The standard InChI is InChI=1S/C22H18FN3O2/c23-17-9-6-16(7-10-17)8-15-21(27)24-19-11-13-20(14-12-19)26-22(28)25-18-4-2-1-3-5-18/h1-15H,(H,24,27)(H2,25,26,28)/b15-8+. The summed E-state index contributed by atoms with van der Waals surface area (Å²) in [5.74, 6) is -0.639. The van der Waals surface area contributed by atoms with E-state index in [1.54, 1.807) is 54.6 Å². The number of hydrogen-bond acceptors (Lipinski definition) is 2. The van der Waals surface area contributed by atoms with E-state index in [-0.39, 0.29) is 17.8 Å². The van der Waals surface area contributed by atoms with Crippen molar-refractivity contribution < 1.29 is 14.0 Å². The Morgan fingerprint density at radius 2 is 1.21 bits per heavy atom. The summed E-state index contributed by atoms with van der Waals surface area (Å²) in [7, 11) is 0. The van der Waals surface area contributed by atoms with E-state index in [0.717, 1.165) is 5.56 Å². The molecule has 0 saturated heterocycles. The highest BCUT2D eigenvalue weighted by atomic mass is 19.1. The van der Waals surface area contributed by atoms with Crippen LogP contribution in [-0.4, -0.2) is 11.9 Å². The Bertz CT molecular complexity index is 969. The molecule has 0 aliphatic rings. The summed E-state index contributed by atoms with van der Waals surface area (Å²) >= 11 is 0. The predicted octanol–water partition coefficient (Wildman–Crippen LogP) is 5.12. The highest BCUT2D eigenvalue weighted by Gasteiger charge is 2.03. The minimum absolute atomic E-state index is 0.313. The lowest BCUT2D eigenvalue weighted by molar-refractivity contribution is -0.111. The molecule has 3 N–H and O–H groups in total. The minimum atomic E-state index is -0.356. The van der Waals surface area contributed by atoms with Crippen molar-refractivity contribution in [2.24, 2.45) is 0 Å². The zero-order chi connectivity index (χ0) is 19.8. The molecule has 0 aromatic heterocycles. The second-order valence-corrected chi connectivity index (χ2v) is 5.90. The van der Waals surface area contributed by atoms with Crippen LogP contribution in [0.4, 0.5) is 26.2 Å². The minimum Gasteiger partial charge on any atom is -0.323 e. The zero-order valence-corrected chi connectivity index (χ0v) is 14.9. The Morgan fingerprint density at radius 1 is 0.679 bits per heavy atom. The van der Waals surface area contributed by atoms with Crippen LogP contribution >= 0.6 is 0 Å². The van der Waals surface area contributed by atoms with E-state index in [4.69, 9.17) is 0 Å². The van der Waals surface area contributed by atoms with Gasteiger partial charge in [-0.15, -0.1) is 0 Å². The Labute approximate surface area is 161 Å². The molecule has 0 spiro atoms. The van der Waals surface area contributed by atoms with Gasteiger partial charge < -0.3 is 16.0 Å². The third kappa shape index (κ3) is 5.81. The maximum absolute atomic E-state index is 12.9. The third-order valence-electron chi connectivity index (χ3n) is 3.74. The van der Waals surface area contributed by atoms with Crippen LogP contribution in [0.2, 0.25) is 0 Å². The Balaban J connectivity index is 1.51. The van der Waals surface area contributed by atoms with Gasteiger partial charge in [0, 0.05) is 23.1 Å². The van der Waals surface area contributed by atoms with Crippen molar-refractivity contribution >= 4 is 35.1 Å². The summed E-state index contributed by atoms with van der Waals surface area (Å²) in [6.07, 6.45) is 2.96. The van der Waals surface area contributed by atoms with Crippen LogP contribution in [0.15, 0.2) is 84.9 Å². The van der Waals surface area contributed by atoms with Crippen LogP contribution < -0.4 is 16.0 Å². The molecule has 5 nitrogen and oxygen atoms in total. The van der Waals surface area contributed by atoms with Crippen LogP contribution in [0.5, 0.6) is 0 Å². The summed E-state index contributed by atoms with van der Waals surface area (Å²) < 4.78 is 12.9. The van der Waals surface area contributed by atoms with Crippen LogP contribution in [0.1, 0.15) is 5.56 Å². The molecule has 3 rings (SSSR count). The first-order chi connectivity index (χ1) is 13.6. The van der Waals surface area contributed by atoms with Crippen molar-refractivity contribution in [3.8, 4) is 0 Å². The van der Waals surface area contributed by atoms with Gasteiger partial charge in [-0.1, -0.05) is 30.3 Å². The maximum Gasteiger partial charge on any atom is 0.323 e. The average molecular weight is 375 g/mol. The van der Waals surface area contributed by atoms with Gasteiger partial charge in [0.25, 0.3) is 0 Å². The molecule has 0 heterocycles. The van der Waals surface area contributed by atoms with Gasteiger partial charge in [0.05, 0.1) is 0 Å². The van der Waals surface area contributed by atoms with Gasteiger partial charge in [0.2, 0.25) is 5.91 Å². The molecule has 3 aromatic carbocycles. The number of nitrogens with one attached hydrogen (secondary N) is 3. The van der Waals surface area contributed by atoms with Crippen LogP contribution in [-0.2, 0) is 4.79 Å². The Hall–Kier alpha value is -3.93. The molecule has 0 aliphatic carbocycles. The smallest absolute Gasteiger partial charge is 0.323 e. The molecule has 0 unspecified atom stereocenters. The highest BCUT2D eigenvalue weighted by Crippen LogP contribution is 2.15. The first kappa shape index (κ1) is 18.8. The van der Waals surface area contributed by atoms with Crippen LogP contribution in [0.25, 0.3) is 6.08 Å². The molecule has 0 atom stereocenters. The molecule has 0 aliphatic heterocycles. The van der Waals surface area contributed by atoms with Gasteiger partial charge in [-0.05, 0) is 60.2 Å². The number of rotatable bonds is 5. The lowest BCUT2D eigenvalue weighted by Gasteiger charge is -2.08. The van der Waals surface area contributed by atoms with Gasteiger partial charge in [0.15, 0.2) is 0 Å². The van der Waals surface area contributed by atoms with Crippen molar-refractivity contribution in [1.82, 2.24) is 0 Å². The van der Waals surface area contributed by atoms with E-state index in [1.807, 2.05) is 18.2 Å². The molecule has 0 saturated carbocycles. The van der Waals surface area contributed by atoms with E-state index in [1.165, 1.54) is 18.2 Å². The molecule has 3 amide bonds. The molecular formula is C22H18FN3O2. The quantitative estimate of drug-likeness (QED) is 0.542. The van der Waals surface area contributed by atoms with Gasteiger partial charge in [-0.2, -0.15) is 0 Å². The van der Waals surface area contributed by atoms with Gasteiger partial charge >= 0.3 is 6.03 Å². The van der Waals surface area contributed by atoms with E-state index in [2.05, 4.69) is 16.0 Å². The van der Waals surface area contributed by atoms with Crippen LogP contribution in [0, 0.1) is 5.82 Å². The summed E-state index contributed by atoms with van der Waals surface area (Å²) in [6.45, 7) is 0. The average Bonchev–Trinajstić information content (AvgIpc) is 2.70. The molecule has 140 valence electrons. The topological polar surface area (TPSA) is 70.2 Å². The molecule has 0 bridgehead atoms. The largest absolute Gasteiger partial charge is 0.323 e. The fourth-order valence-electron chi connectivity index (χ4n) is 2.38. The summed E-state index contributed by atoms with van der Waals surface area (Å²) in [4.78, 5) is 23.9. The second kappa shape index (κ2) is 9.14. The number of carbonyl (C=O) groups is 2. The van der Waals surface area contributed by atoms with Crippen molar-refractivity contribution in [3.63, 3.8) is 0 Å². The first-order valence-corrected chi connectivity index (χ1v) is 8.56. The molecular weight excluding hydrogens is 357 g/mol. The maximum atomic E-state index is 12.9. The number of hydrogen-bond donors (Lipinski definition) is 3. The van der Waals surface area contributed by atoms with E-state index in [9.17, 15) is 14.0 Å². The molecule has 0 fully saturated rings. The van der Waals surface area contributed by atoms with Crippen molar-refractivity contribution in [1.29, 1.82) is 0 Å². The van der Waals surface area contributed by atoms with Crippen molar-refractivity contribution in [2.75, 3.05) is 16.0 Å². The summed E-state index contributed by atoms with van der Waals surface area (Å²) in [6, 6.07) is 21.3. The predicted molar refractivity (Wildman–Crippen MR) is 110 cm³/mol. The van der Waals surface area contributed by atoms with E-state index >= 15 is 0 Å². The number of carbonyl (C=O) groups excluding carboxylic acids is 2. The molecule has 3 aromatic rings. The first-order valence-electron chi connectivity index (χ1n) is 8.56. The zero-order valence-electron chi connectivity index (χ0n) is 14.9. The molecule has 0 radical (unpaired) electrons. The van der Waals surface area contributed by atoms with Crippen molar-refractivity contribution in [3.05, 3.63) is 96.3 Å². The van der Waals surface area contributed by atoms with Gasteiger partial charge in [-0.25, -0.2) is 9.18 Å². The van der Waals surface area contributed by atoms with Crippen LogP contribution in [0.3, 0.4) is 0 Å². The number of para-hydroxylation sites is 1. The SMILES string of the molecule is O=C(/C=C/c1ccc(F)cc1)Nc1ccc(NC(=O)Nc2ccccc2)cc1. The second-order valence-electron chi connectivity index (χ2n) is 5.90. The Morgan fingerprint density at radius 3 is 1.82 bits per heavy atom. The monoisotopic (exact) mass is 375 g/mol. The summed E-state index contributed by atoms with van der Waals surface area (Å²) in [5, 5.41) is 8.15. The Kier molecular flexibility index (Phi) is 6.15. The number of benzene rings is 3. The highest BCUT2D eigenvalue weighted by molar-refractivity contribution is 6.02. The summed E-state index contributed by atoms with van der Waals surface area (Å²) in [5.41, 5.74) is 2.59. The molecule has 6 heteroatoms. The normalized spacial score (nSPS) is 10.5. The number of anilines is 3. The molecule has 28 heavy (non-hydrogen) atoms. The van der Waals surface area contributed by atoms with E-state index < -0.39 is 0 Å². The number of amides is 3. The fourth-order valence-corrected chi connectivity index (χ4v) is 2.38. The lowest BCUT2D eigenvalue weighted by Crippen LogP contribution is -2.19. The van der Waals surface area contributed by atoms with Gasteiger partial charge in [-0.3, -0.25) is 4.79 Å². The lowest BCUT2D eigenvalue weighted by atomic mass is 10.2. The third-order valence-corrected chi connectivity index (χ3v) is 3.74. The number of halogens is 1. The van der Waals surface area contributed by atoms with Crippen molar-refractivity contribution in [2.45, 2.75) is 0 Å². The number of urea groups is 1.